The van der Waals surface area contributed by atoms with Gasteiger partial charge in [-0.2, -0.15) is 4.98 Å². The Morgan fingerprint density at radius 3 is 2.62 bits per heavy atom. The van der Waals surface area contributed by atoms with E-state index < -0.39 is 0 Å². The summed E-state index contributed by atoms with van der Waals surface area (Å²) in [5.41, 5.74) is 0. The number of hydrogen-bond donors (Lipinski definition) is 0. The van der Waals surface area contributed by atoms with E-state index in [4.69, 9.17) is 16.3 Å². The van der Waals surface area contributed by atoms with Gasteiger partial charge >= 0.3 is 0 Å². The van der Waals surface area contributed by atoms with Crippen LogP contribution in [-0.2, 0) is 0 Å². The van der Waals surface area contributed by atoms with Gasteiger partial charge in [0.25, 0.3) is 0 Å². The number of nitrogens with zero attached hydrogens (tertiary/aromatic N) is 2. The van der Waals surface area contributed by atoms with Crippen LogP contribution in [0, 0.1) is 0 Å². The lowest BCUT2D eigenvalue weighted by Gasteiger charge is -2.04. The fraction of sp³-hybridized carbons (Fsp3) is 0.0909. The molecule has 1 aromatic carbocycles. The third-order valence-corrected chi connectivity index (χ3v) is 2.64. The number of rotatable bonds is 3. The first-order valence-corrected chi connectivity index (χ1v) is 6.18. The fourth-order valence-electron chi connectivity index (χ4n) is 1.10. The molecule has 82 valence electrons. The van der Waals surface area contributed by atoms with Gasteiger partial charge in [-0.05, 0) is 30.5 Å². The van der Waals surface area contributed by atoms with Crippen LogP contribution in [0.15, 0.2) is 41.7 Å². The molecule has 1 heterocycles. The second-order valence-electron chi connectivity index (χ2n) is 2.94. The van der Waals surface area contributed by atoms with Crippen LogP contribution in [0.25, 0.3) is 0 Å². The highest BCUT2D eigenvalue weighted by molar-refractivity contribution is 7.98. The molecular weight excluding hydrogens is 244 g/mol. The highest BCUT2D eigenvalue weighted by Crippen LogP contribution is 2.22. The largest absolute Gasteiger partial charge is 0.439 e. The summed E-state index contributed by atoms with van der Waals surface area (Å²) in [4.78, 5) is 8.27. The molecule has 0 aliphatic rings. The normalized spacial score (nSPS) is 10.1. The fourth-order valence-corrected chi connectivity index (χ4v) is 1.58. The van der Waals surface area contributed by atoms with E-state index in [9.17, 15) is 0 Å². The summed E-state index contributed by atoms with van der Waals surface area (Å²) in [6.45, 7) is 0. The lowest BCUT2D eigenvalue weighted by atomic mass is 10.3. The first-order chi connectivity index (χ1) is 7.78. The van der Waals surface area contributed by atoms with Crippen molar-refractivity contribution in [1.29, 1.82) is 0 Å². The summed E-state index contributed by atoms with van der Waals surface area (Å²) in [6, 6.07) is 8.85. The number of ether oxygens (including phenoxy) is 1. The summed E-state index contributed by atoms with van der Waals surface area (Å²) in [5, 5.41) is 1.37. The van der Waals surface area contributed by atoms with Crippen molar-refractivity contribution in [2.75, 3.05) is 6.26 Å². The van der Waals surface area contributed by atoms with Crippen LogP contribution in [0.2, 0.25) is 5.02 Å². The van der Waals surface area contributed by atoms with Crippen molar-refractivity contribution in [2.45, 2.75) is 5.16 Å². The summed E-state index contributed by atoms with van der Waals surface area (Å²) in [7, 11) is 0. The van der Waals surface area contributed by atoms with Gasteiger partial charge in [-0.1, -0.05) is 23.4 Å². The summed E-state index contributed by atoms with van der Waals surface area (Å²) in [5.74, 6) is 1.23. The maximum absolute atomic E-state index is 5.78. The van der Waals surface area contributed by atoms with Gasteiger partial charge in [0.05, 0.1) is 0 Å². The number of aromatic nitrogens is 2. The van der Waals surface area contributed by atoms with Crippen LogP contribution in [-0.4, -0.2) is 16.2 Å². The van der Waals surface area contributed by atoms with Crippen molar-refractivity contribution in [2.24, 2.45) is 0 Å². The Morgan fingerprint density at radius 2 is 1.94 bits per heavy atom. The second kappa shape index (κ2) is 5.18. The van der Waals surface area contributed by atoms with E-state index in [1.807, 2.05) is 6.26 Å². The van der Waals surface area contributed by atoms with Gasteiger partial charge in [0.1, 0.15) is 5.75 Å². The van der Waals surface area contributed by atoms with Crippen molar-refractivity contribution in [1.82, 2.24) is 9.97 Å². The smallest absolute Gasteiger partial charge is 0.223 e. The average molecular weight is 253 g/mol. The molecule has 3 nitrogen and oxygen atoms in total. The predicted molar refractivity (Wildman–Crippen MR) is 65.3 cm³/mol. The SMILES string of the molecule is CSc1nccc(Oc2ccc(Cl)cc2)n1. The molecule has 2 aromatic rings. The van der Waals surface area contributed by atoms with Gasteiger partial charge in [-0.3, -0.25) is 0 Å². The monoisotopic (exact) mass is 252 g/mol. The summed E-state index contributed by atoms with van der Waals surface area (Å²) >= 11 is 7.25. The van der Waals surface area contributed by atoms with Crippen LogP contribution < -0.4 is 4.74 Å². The lowest BCUT2D eigenvalue weighted by molar-refractivity contribution is 0.455. The molecule has 0 saturated heterocycles. The third kappa shape index (κ3) is 2.87. The minimum Gasteiger partial charge on any atom is -0.439 e. The van der Waals surface area contributed by atoms with Crippen molar-refractivity contribution in [3.63, 3.8) is 0 Å². The molecule has 0 amide bonds. The molecule has 0 unspecified atom stereocenters. The van der Waals surface area contributed by atoms with E-state index in [0.717, 1.165) is 0 Å². The number of benzene rings is 1. The molecule has 0 aliphatic carbocycles. The Bertz CT molecular complexity index is 476. The van der Waals surface area contributed by atoms with Crippen LogP contribution >= 0.6 is 23.4 Å². The molecular formula is C11H9ClN2OS. The van der Waals surface area contributed by atoms with Crippen LogP contribution in [0.3, 0.4) is 0 Å². The zero-order chi connectivity index (χ0) is 11.4. The highest BCUT2D eigenvalue weighted by atomic mass is 35.5. The molecule has 0 aliphatic heterocycles. The first-order valence-electron chi connectivity index (χ1n) is 4.58. The van der Waals surface area contributed by atoms with Gasteiger partial charge in [0, 0.05) is 17.3 Å². The summed E-state index contributed by atoms with van der Waals surface area (Å²) in [6.07, 6.45) is 3.59. The van der Waals surface area contributed by atoms with Crippen LogP contribution in [0.4, 0.5) is 0 Å². The van der Waals surface area contributed by atoms with Crippen LogP contribution in [0.5, 0.6) is 11.6 Å². The number of halogens is 1. The minimum atomic E-state index is 0.529. The summed E-state index contributed by atoms with van der Waals surface area (Å²) < 4.78 is 5.55. The molecule has 0 N–H and O–H groups in total. The molecule has 0 atom stereocenters. The average Bonchev–Trinajstić information content (AvgIpc) is 2.32. The second-order valence-corrected chi connectivity index (χ2v) is 4.15. The molecule has 16 heavy (non-hydrogen) atoms. The minimum absolute atomic E-state index is 0.529. The molecule has 2 rings (SSSR count). The van der Waals surface area contributed by atoms with Crippen LogP contribution in [0.1, 0.15) is 0 Å². The van der Waals surface area contributed by atoms with Crippen molar-refractivity contribution in [3.8, 4) is 11.6 Å². The van der Waals surface area contributed by atoms with E-state index in [0.29, 0.717) is 21.8 Å². The first kappa shape index (κ1) is 11.2. The predicted octanol–water partition coefficient (Wildman–Crippen LogP) is 3.64. The van der Waals surface area contributed by atoms with Gasteiger partial charge in [0.15, 0.2) is 5.16 Å². The highest BCUT2D eigenvalue weighted by Gasteiger charge is 2.00. The van der Waals surface area contributed by atoms with E-state index in [2.05, 4.69) is 9.97 Å². The maximum atomic E-state index is 5.78. The molecule has 0 spiro atoms. The molecule has 1 aromatic heterocycles. The van der Waals surface area contributed by atoms with Crippen molar-refractivity contribution < 1.29 is 4.74 Å². The van der Waals surface area contributed by atoms with Crippen molar-refractivity contribution >= 4 is 23.4 Å². The number of hydrogen-bond acceptors (Lipinski definition) is 4. The Morgan fingerprint density at radius 1 is 1.19 bits per heavy atom. The quantitative estimate of drug-likeness (QED) is 0.617. The Hall–Kier alpha value is -1.26. The van der Waals surface area contributed by atoms with Gasteiger partial charge in [-0.25, -0.2) is 4.98 Å². The van der Waals surface area contributed by atoms with Gasteiger partial charge in [-0.15, -0.1) is 0 Å². The molecule has 0 saturated carbocycles. The van der Waals surface area contributed by atoms with Gasteiger partial charge < -0.3 is 4.74 Å². The Labute approximate surface area is 103 Å². The molecule has 0 bridgehead atoms. The molecule has 5 heteroatoms. The van der Waals surface area contributed by atoms with E-state index in [1.54, 1.807) is 36.5 Å². The maximum Gasteiger partial charge on any atom is 0.223 e. The Kier molecular flexibility index (Phi) is 3.64. The number of thioether (sulfide) groups is 1. The lowest BCUT2D eigenvalue weighted by Crippen LogP contribution is -1.90. The van der Waals surface area contributed by atoms with Gasteiger partial charge in [0.2, 0.25) is 5.88 Å². The third-order valence-electron chi connectivity index (χ3n) is 1.83. The molecule has 0 radical (unpaired) electrons. The van der Waals surface area contributed by atoms with E-state index >= 15 is 0 Å². The zero-order valence-corrected chi connectivity index (χ0v) is 10.1. The van der Waals surface area contributed by atoms with Crippen molar-refractivity contribution in [3.05, 3.63) is 41.6 Å². The standard InChI is InChI=1S/C11H9ClN2OS/c1-16-11-13-7-6-10(14-11)15-9-4-2-8(12)3-5-9/h2-7H,1H3. The topological polar surface area (TPSA) is 35.0 Å². The molecule has 0 fully saturated rings. The zero-order valence-electron chi connectivity index (χ0n) is 8.55. The van der Waals surface area contributed by atoms with E-state index in [-0.39, 0.29) is 0 Å². The van der Waals surface area contributed by atoms with E-state index in [1.165, 1.54) is 11.8 Å². The Balaban J connectivity index is 2.16.